The summed E-state index contributed by atoms with van der Waals surface area (Å²) in [5.74, 6) is 1.66. The molecule has 1 amide bonds. The first-order chi connectivity index (χ1) is 20.4. The number of aromatic nitrogens is 3. The smallest absolute Gasteiger partial charge is 0.271 e. The van der Waals surface area contributed by atoms with E-state index in [1.807, 2.05) is 66.7 Å². The summed E-state index contributed by atoms with van der Waals surface area (Å²) in [7, 11) is 0. The van der Waals surface area contributed by atoms with Gasteiger partial charge in [-0.2, -0.15) is 4.98 Å². The Hall–Kier alpha value is -5.18. The van der Waals surface area contributed by atoms with Crippen LogP contribution in [-0.4, -0.2) is 21.2 Å². The van der Waals surface area contributed by atoms with Crippen molar-refractivity contribution in [1.29, 1.82) is 0 Å². The zero-order valence-electron chi connectivity index (χ0n) is 23.6. The van der Waals surface area contributed by atoms with Gasteiger partial charge in [0.1, 0.15) is 30.5 Å². The van der Waals surface area contributed by atoms with Crippen molar-refractivity contribution in [2.24, 2.45) is 5.73 Å². The van der Waals surface area contributed by atoms with Crippen LogP contribution >= 0.6 is 0 Å². The molecule has 5 rings (SSSR count). The normalized spacial score (nSPS) is 11.0. The quantitative estimate of drug-likeness (QED) is 0.171. The summed E-state index contributed by atoms with van der Waals surface area (Å²) in [5.41, 5.74) is 9.93. The minimum atomic E-state index is -0.751. The number of benzene rings is 3. The van der Waals surface area contributed by atoms with Crippen molar-refractivity contribution in [3.8, 4) is 22.9 Å². The zero-order valence-corrected chi connectivity index (χ0v) is 23.6. The van der Waals surface area contributed by atoms with Crippen molar-refractivity contribution in [2.45, 2.75) is 45.8 Å². The second-order valence-electron chi connectivity index (χ2n) is 10.1. The Bertz CT molecular complexity index is 1660. The lowest BCUT2D eigenvalue weighted by Crippen LogP contribution is -2.13. The van der Waals surface area contributed by atoms with Crippen molar-refractivity contribution in [3.05, 3.63) is 119 Å². The van der Waals surface area contributed by atoms with E-state index in [2.05, 4.69) is 41.8 Å². The van der Waals surface area contributed by atoms with Crippen LogP contribution in [0.3, 0.4) is 0 Å². The number of amides is 1. The molecule has 0 aliphatic rings. The summed E-state index contributed by atoms with van der Waals surface area (Å²) in [6.45, 7) is 8.72. The number of nitrogens with zero attached hydrogens (tertiary/aromatic N) is 3. The molecule has 0 atom stereocenters. The number of hydrogen-bond donors (Lipinski definition) is 1. The minimum absolute atomic E-state index is 0.0607. The fraction of sp³-hybridized carbons (Fsp3) is 0.212. The van der Waals surface area contributed by atoms with Gasteiger partial charge in [0.15, 0.2) is 5.69 Å². The highest BCUT2D eigenvalue weighted by molar-refractivity contribution is 5.97. The molecule has 0 aliphatic carbocycles. The van der Waals surface area contributed by atoms with E-state index in [0.29, 0.717) is 43.1 Å². The van der Waals surface area contributed by atoms with Crippen LogP contribution in [-0.2, 0) is 26.1 Å². The Balaban J connectivity index is 1.47. The van der Waals surface area contributed by atoms with E-state index < -0.39 is 5.91 Å². The molecule has 0 fully saturated rings. The molecule has 0 unspecified atom stereocenters. The molecule has 2 heterocycles. The molecule has 0 saturated heterocycles. The van der Waals surface area contributed by atoms with Crippen LogP contribution in [0.25, 0.3) is 17.5 Å². The maximum atomic E-state index is 12.1. The molecular weight excluding hydrogens is 532 g/mol. The number of nitrogens with two attached hydrogens (primary N) is 1. The summed E-state index contributed by atoms with van der Waals surface area (Å²) in [6, 6.07) is 24.1. The summed E-state index contributed by atoms with van der Waals surface area (Å²) < 4.78 is 23.4. The summed E-state index contributed by atoms with van der Waals surface area (Å²) >= 11 is 0. The first kappa shape index (κ1) is 28.4. The first-order valence-electron chi connectivity index (χ1n) is 13.7. The van der Waals surface area contributed by atoms with Crippen LogP contribution in [0, 0.1) is 0 Å². The molecule has 9 heteroatoms. The van der Waals surface area contributed by atoms with Gasteiger partial charge in [0.25, 0.3) is 5.91 Å². The van der Waals surface area contributed by atoms with E-state index in [9.17, 15) is 4.79 Å². The second-order valence-corrected chi connectivity index (χ2v) is 10.1. The fourth-order valence-electron chi connectivity index (χ4n) is 4.56. The highest BCUT2D eigenvalue weighted by atomic mass is 16.5. The second kappa shape index (κ2) is 13.0. The Morgan fingerprint density at radius 3 is 2.12 bits per heavy atom. The van der Waals surface area contributed by atoms with E-state index in [4.69, 9.17) is 24.3 Å². The van der Waals surface area contributed by atoms with Gasteiger partial charge in [0, 0.05) is 12.5 Å². The third-order valence-electron chi connectivity index (χ3n) is 6.75. The molecule has 9 nitrogen and oxygen atoms in total. The number of carbonyl (C=O) groups is 1. The Morgan fingerprint density at radius 1 is 0.905 bits per heavy atom. The van der Waals surface area contributed by atoms with E-state index in [0.717, 1.165) is 28.0 Å². The number of primary amides is 1. The van der Waals surface area contributed by atoms with Gasteiger partial charge in [-0.15, -0.1) is 0 Å². The Labute approximate surface area is 243 Å². The summed E-state index contributed by atoms with van der Waals surface area (Å²) in [6.07, 6.45) is 2.30. The van der Waals surface area contributed by atoms with Gasteiger partial charge in [0.2, 0.25) is 11.7 Å². The van der Waals surface area contributed by atoms with Gasteiger partial charge in [0.05, 0.1) is 5.56 Å². The molecule has 5 aromatic rings. The van der Waals surface area contributed by atoms with Crippen LogP contribution in [0.1, 0.15) is 64.2 Å². The number of ether oxygens (including phenoxy) is 2. The Morgan fingerprint density at radius 2 is 1.55 bits per heavy atom. The van der Waals surface area contributed by atoms with Crippen molar-refractivity contribution in [1.82, 2.24) is 15.3 Å². The molecule has 3 aromatic carbocycles. The van der Waals surface area contributed by atoms with E-state index in [1.165, 1.54) is 6.08 Å². The third kappa shape index (κ3) is 6.58. The number of aryl methyl sites for hydroxylation is 2. The van der Waals surface area contributed by atoms with Crippen LogP contribution < -0.4 is 15.2 Å². The van der Waals surface area contributed by atoms with Gasteiger partial charge in [-0.3, -0.25) is 4.79 Å². The van der Waals surface area contributed by atoms with Crippen LogP contribution in [0.4, 0.5) is 0 Å². The maximum Gasteiger partial charge on any atom is 0.271 e. The van der Waals surface area contributed by atoms with Crippen LogP contribution in [0.5, 0.6) is 11.5 Å². The first-order valence-corrected chi connectivity index (χ1v) is 13.7. The lowest BCUT2D eigenvalue weighted by Gasteiger charge is -2.20. The molecule has 0 spiro atoms. The molecule has 42 heavy (non-hydrogen) atoms. The average molecular weight is 565 g/mol. The van der Waals surface area contributed by atoms with Crippen molar-refractivity contribution in [2.75, 3.05) is 0 Å². The minimum Gasteiger partial charge on any atom is -0.488 e. The van der Waals surface area contributed by atoms with E-state index in [-0.39, 0.29) is 23.3 Å². The molecule has 2 aromatic heterocycles. The molecule has 0 saturated carbocycles. The SMILES string of the molecule is C=Cc1nc(-c2c(C(N)=O)noc2CCc2cc(C(C)C)c(OCc3ccccc3)cc2OCc2ccccc2)no1. The average Bonchev–Trinajstić information content (AvgIpc) is 3.66. The lowest BCUT2D eigenvalue weighted by molar-refractivity contribution is 0.0992. The van der Waals surface area contributed by atoms with Crippen molar-refractivity contribution < 1.29 is 23.3 Å². The lowest BCUT2D eigenvalue weighted by atomic mass is 9.96. The summed E-state index contributed by atoms with van der Waals surface area (Å²) in [4.78, 5) is 16.4. The number of rotatable bonds is 13. The highest BCUT2D eigenvalue weighted by Crippen LogP contribution is 2.36. The standard InChI is InChI=1S/C33H32N4O5/c1-4-29-35-33(37-42-29)30-26(41-36-31(30)32(34)38)16-15-24-17-25(21(2)3)28(40-20-23-13-9-6-10-14-23)18-27(24)39-19-22-11-7-5-8-12-22/h4-14,17-18,21H,1,15-16,19-20H2,2-3H3,(H2,34,38). The monoisotopic (exact) mass is 564 g/mol. The molecule has 0 radical (unpaired) electrons. The van der Waals surface area contributed by atoms with Crippen LogP contribution in [0.2, 0.25) is 0 Å². The van der Waals surface area contributed by atoms with Gasteiger partial charge in [-0.05, 0) is 46.7 Å². The largest absolute Gasteiger partial charge is 0.488 e. The van der Waals surface area contributed by atoms with Crippen LogP contribution in [0.15, 0.2) is 88.4 Å². The van der Waals surface area contributed by atoms with Gasteiger partial charge in [-0.1, -0.05) is 91.4 Å². The van der Waals surface area contributed by atoms with Crippen molar-refractivity contribution in [3.63, 3.8) is 0 Å². The molecule has 214 valence electrons. The maximum absolute atomic E-state index is 12.1. The van der Waals surface area contributed by atoms with E-state index in [1.54, 1.807) is 0 Å². The highest BCUT2D eigenvalue weighted by Gasteiger charge is 2.26. The predicted molar refractivity (Wildman–Crippen MR) is 158 cm³/mol. The third-order valence-corrected chi connectivity index (χ3v) is 6.75. The predicted octanol–water partition coefficient (Wildman–Crippen LogP) is 6.53. The fourth-order valence-corrected chi connectivity index (χ4v) is 4.56. The number of hydrogen-bond acceptors (Lipinski definition) is 8. The van der Waals surface area contributed by atoms with Crippen molar-refractivity contribution >= 4 is 12.0 Å². The van der Waals surface area contributed by atoms with E-state index >= 15 is 0 Å². The molecular formula is C33H32N4O5. The van der Waals surface area contributed by atoms with Gasteiger partial charge >= 0.3 is 0 Å². The molecule has 2 N–H and O–H groups in total. The molecule has 0 aliphatic heterocycles. The zero-order chi connectivity index (χ0) is 29.5. The topological polar surface area (TPSA) is 127 Å². The summed E-state index contributed by atoms with van der Waals surface area (Å²) in [5, 5.41) is 7.86. The van der Waals surface area contributed by atoms with Gasteiger partial charge in [-0.25, -0.2) is 0 Å². The Kier molecular flexibility index (Phi) is 8.77. The number of carbonyl (C=O) groups excluding carboxylic acids is 1. The van der Waals surface area contributed by atoms with Gasteiger partial charge < -0.3 is 24.3 Å². The molecule has 0 bridgehead atoms.